The molecule has 0 aliphatic rings. The molecule has 0 heterocycles. The molecule has 0 amide bonds. The molecule has 0 radical (unpaired) electrons. The first kappa shape index (κ1) is 27.8. The van der Waals surface area contributed by atoms with Gasteiger partial charge in [-0.25, -0.2) is 4.79 Å². The number of methoxy groups -OCH3 is 1. The highest BCUT2D eigenvalue weighted by Crippen LogP contribution is 2.36. The van der Waals surface area contributed by atoms with Gasteiger partial charge in [-0.05, 0) is 38.2 Å². The van der Waals surface area contributed by atoms with Crippen LogP contribution in [0.25, 0.3) is 10.8 Å². The van der Waals surface area contributed by atoms with Gasteiger partial charge in [-0.15, -0.1) is 0 Å². The number of hydrogen-bond acceptors (Lipinski definition) is 4. The number of aromatic hydroxyl groups is 1. The highest BCUT2D eigenvalue weighted by atomic mass is 16.5. The number of hydrogen-bond donors (Lipinski definition) is 1. The first-order valence-electron chi connectivity index (χ1n) is 13.3. The molecule has 0 saturated heterocycles. The molecule has 0 atom stereocenters. The van der Waals surface area contributed by atoms with Gasteiger partial charge in [0.2, 0.25) is 0 Å². The zero-order valence-corrected chi connectivity index (χ0v) is 21.3. The summed E-state index contributed by atoms with van der Waals surface area (Å²) in [5.74, 6) is -0.0149. The fourth-order valence-electron chi connectivity index (χ4n) is 4.24. The van der Waals surface area contributed by atoms with Crippen LogP contribution in [0.4, 0.5) is 0 Å². The summed E-state index contributed by atoms with van der Waals surface area (Å²) in [5.41, 5.74) is 0.136. The molecule has 0 spiro atoms. The van der Waals surface area contributed by atoms with E-state index in [1.807, 2.05) is 18.2 Å². The molecule has 4 heteroatoms. The van der Waals surface area contributed by atoms with Crippen molar-refractivity contribution in [2.75, 3.05) is 13.7 Å². The van der Waals surface area contributed by atoms with Crippen LogP contribution in [0.3, 0.4) is 0 Å². The normalized spacial score (nSPS) is 11.4. The van der Waals surface area contributed by atoms with E-state index in [9.17, 15) is 9.90 Å². The molecule has 2 aromatic rings. The molecule has 188 valence electrons. The van der Waals surface area contributed by atoms with Crippen LogP contribution in [0.5, 0.6) is 11.5 Å². The van der Waals surface area contributed by atoms with E-state index < -0.39 is 5.97 Å². The Bertz CT molecular complexity index is 871. The van der Waals surface area contributed by atoms with Crippen molar-refractivity contribution in [1.82, 2.24) is 0 Å². The van der Waals surface area contributed by atoms with Crippen molar-refractivity contribution >= 4 is 16.7 Å². The molecule has 1 N–H and O–H groups in total. The average Bonchev–Trinajstić information content (AvgIpc) is 2.86. The summed E-state index contributed by atoms with van der Waals surface area (Å²) in [4.78, 5) is 12.0. The van der Waals surface area contributed by atoms with Gasteiger partial charge in [0.25, 0.3) is 0 Å². The van der Waals surface area contributed by atoms with E-state index in [0.29, 0.717) is 17.7 Å². The van der Waals surface area contributed by atoms with Crippen molar-refractivity contribution in [3.8, 4) is 11.5 Å². The van der Waals surface area contributed by atoms with E-state index in [-0.39, 0.29) is 11.3 Å². The molecule has 4 nitrogen and oxygen atoms in total. The predicted molar refractivity (Wildman–Crippen MR) is 142 cm³/mol. The first-order chi connectivity index (χ1) is 16.7. The van der Waals surface area contributed by atoms with E-state index >= 15 is 0 Å². The van der Waals surface area contributed by atoms with Crippen LogP contribution in [0.1, 0.15) is 107 Å². The summed E-state index contributed by atoms with van der Waals surface area (Å²) in [6.07, 6.45) is 22.5. The Balaban J connectivity index is 1.58. The lowest BCUT2D eigenvalue weighted by Gasteiger charge is -2.13. The van der Waals surface area contributed by atoms with Crippen LogP contribution in [-0.2, 0) is 4.74 Å². The van der Waals surface area contributed by atoms with Gasteiger partial charge in [-0.2, -0.15) is 0 Å². The highest BCUT2D eigenvalue weighted by Gasteiger charge is 2.18. The number of phenols is 1. The van der Waals surface area contributed by atoms with Crippen molar-refractivity contribution in [2.24, 2.45) is 0 Å². The molecule has 34 heavy (non-hydrogen) atoms. The SMILES string of the molecule is CCCCCCCC/C=C\CCCCCCCCOc1cc(C(=O)OC)c(O)c2ccccc12. The number of carbonyl (C=O) groups is 1. The maximum absolute atomic E-state index is 12.0. The van der Waals surface area contributed by atoms with Crippen LogP contribution < -0.4 is 4.74 Å². The molecule has 0 aliphatic carbocycles. The molecule has 2 aromatic carbocycles. The fraction of sp³-hybridized carbons (Fsp3) is 0.567. The average molecular weight is 469 g/mol. The Morgan fingerprint density at radius 3 is 2.00 bits per heavy atom. The Labute approximate surface area is 206 Å². The molecular weight excluding hydrogens is 424 g/mol. The summed E-state index contributed by atoms with van der Waals surface area (Å²) in [6, 6.07) is 9.00. The summed E-state index contributed by atoms with van der Waals surface area (Å²) >= 11 is 0. The molecule has 0 aliphatic heterocycles. The second-order valence-corrected chi connectivity index (χ2v) is 9.09. The lowest BCUT2D eigenvalue weighted by Crippen LogP contribution is -2.04. The van der Waals surface area contributed by atoms with Gasteiger partial charge in [0.15, 0.2) is 0 Å². The molecular formula is C30H44O4. The Morgan fingerprint density at radius 1 is 0.824 bits per heavy atom. The van der Waals surface area contributed by atoms with Crippen molar-refractivity contribution < 1.29 is 19.4 Å². The third-order valence-electron chi connectivity index (χ3n) is 6.30. The zero-order chi connectivity index (χ0) is 24.4. The van der Waals surface area contributed by atoms with Crippen molar-refractivity contribution in [1.29, 1.82) is 0 Å². The largest absolute Gasteiger partial charge is 0.506 e. The van der Waals surface area contributed by atoms with Crippen LogP contribution in [-0.4, -0.2) is 24.8 Å². The van der Waals surface area contributed by atoms with Crippen molar-refractivity contribution in [3.63, 3.8) is 0 Å². The second-order valence-electron chi connectivity index (χ2n) is 9.09. The molecule has 2 rings (SSSR count). The van der Waals surface area contributed by atoms with E-state index in [1.54, 1.807) is 12.1 Å². The Kier molecular flexibility index (Phi) is 13.9. The minimum absolute atomic E-state index is 0.0629. The zero-order valence-electron chi connectivity index (χ0n) is 21.3. The lowest BCUT2D eigenvalue weighted by molar-refractivity contribution is 0.0597. The smallest absolute Gasteiger partial charge is 0.341 e. The number of benzene rings is 2. The van der Waals surface area contributed by atoms with E-state index in [1.165, 1.54) is 84.2 Å². The highest BCUT2D eigenvalue weighted by molar-refractivity contribution is 6.03. The molecule has 0 aromatic heterocycles. The minimum Gasteiger partial charge on any atom is -0.506 e. The maximum Gasteiger partial charge on any atom is 0.341 e. The summed E-state index contributed by atoms with van der Waals surface area (Å²) in [7, 11) is 1.31. The molecule has 0 saturated carbocycles. The Morgan fingerprint density at radius 2 is 1.38 bits per heavy atom. The topological polar surface area (TPSA) is 55.8 Å². The van der Waals surface area contributed by atoms with E-state index in [0.717, 1.165) is 18.2 Å². The van der Waals surface area contributed by atoms with Crippen LogP contribution in [0.2, 0.25) is 0 Å². The summed E-state index contributed by atoms with van der Waals surface area (Å²) in [5, 5.41) is 11.8. The van der Waals surface area contributed by atoms with Crippen LogP contribution in [0, 0.1) is 0 Å². The van der Waals surface area contributed by atoms with Crippen LogP contribution in [0.15, 0.2) is 42.5 Å². The molecule has 0 unspecified atom stereocenters. The number of rotatable bonds is 18. The van der Waals surface area contributed by atoms with Gasteiger partial charge in [-0.3, -0.25) is 0 Å². The van der Waals surface area contributed by atoms with Gasteiger partial charge < -0.3 is 14.6 Å². The van der Waals surface area contributed by atoms with Gasteiger partial charge in [-0.1, -0.05) is 101 Å². The van der Waals surface area contributed by atoms with Gasteiger partial charge >= 0.3 is 5.97 Å². The number of carbonyl (C=O) groups excluding carboxylic acids is 1. The molecule has 0 bridgehead atoms. The Hall–Kier alpha value is -2.49. The number of fused-ring (bicyclic) bond motifs is 1. The summed E-state index contributed by atoms with van der Waals surface area (Å²) < 4.78 is 10.8. The minimum atomic E-state index is -0.564. The molecule has 0 fully saturated rings. The summed E-state index contributed by atoms with van der Waals surface area (Å²) in [6.45, 7) is 2.86. The van der Waals surface area contributed by atoms with Crippen molar-refractivity contribution in [2.45, 2.75) is 96.8 Å². The van der Waals surface area contributed by atoms with Gasteiger partial charge in [0.1, 0.15) is 17.1 Å². The standard InChI is InChI=1S/C30H44O4/c1-3-4-5-6-7-8-9-10-11-12-13-14-15-16-17-20-23-34-28-24-27(30(32)33-2)29(31)26-22-19-18-21-25(26)28/h10-11,18-19,21-22,24,31H,3-9,12-17,20,23H2,1-2H3/b11-10-. The monoisotopic (exact) mass is 468 g/mol. The fourth-order valence-corrected chi connectivity index (χ4v) is 4.24. The number of phenolic OH excluding ortho intramolecular Hbond substituents is 1. The quantitative estimate of drug-likeness (QED) is 0.135. The lowest BCUT2D eigenvalue weighted by atomic mass is 10.0. The van der Waals surface area contributed by atoms with Gasteiger partial charge in [0.05, 0.1) is 13.7 Å². The number of unbranched alkanes of at least 4 members (excludes halogenated alkanes) is 12. The van der Waals surface area contributed by atoms with Gasteiger partial charge in [0, 0.05) is 10.8 Å². The van der Waals surface area contributed by atoms with Crippen molar-refractivity contribution in [3.05, 3.63) is 48.0 Å². The number of esters is 1. The number of allylic oxidation sites excluding steroid dienone is 2. The third-order valence-corrected chi connectivity index (χ3v) is 6.30. The second kappa shape index (κ2) is 17.0. The number of ether oxygens (including phenoxy) is 2. The van der Waals surface area contributed by atoms with E-state index in [2.05, 4.69) is 19.1 Å². The predicted octanol–water partition coefficient (Wildman–Crippen LogP) is 8.75. The first-order valence-corrected chi connectivity index (χ1v) is 13.3. The van der Waals surface area contributed by atoms with Crippen LogP contribution >= 0.6 is 0 Å². The maximum atomic E-state index is 12.0. The van der Waals surface area contributed by atoms with E-state index in [4.69, 9.17) is 9.47 Å². The third kappa shape index (κ3) is 9.79.